The zero-order valence-electron chi connectivity index (χ0n) is 20.6. The molecule has 0 N–H and O–H groups in total. The Hall–Kier alpha value is -4.15. The molecule has 210 valence electrons. The van der Waals surface area contributed by atoms with Crippen molar-refractivity contribution in [3.63, 3.8) is 0 Å². The standard InChI is InChI=1S/C29H19F9O2/c1-2-3-15-4-6-19(21(31)8-15)16-5-7-20(22(32)9-16)17-10-23(33)27(24(34)11-17)29(37,38)40-18-12-25(35)28(39-14-30)26(36)13-18/h4-13H,2-3,14H2,1H3. The highest BCUT2D eigenvalue weighted by Gasteiger charge is 2.41. The summed E-state index contributed by atoms with van der Waals surface area (Å²) in [5, 5.41) is 0. The van der Waals surface area contributed by atoms with Crippen molar-refractivity contribution < 1.29 is 49.0 Å². The van der Waals surface area contributed by atoms with E-state index in [4.69, 9.17) is 0 Å². The lowest BCUT2D eigenvalue weighted by Crippen LogP contribution is -2.25. The Morgan fingerprint density at radius 1 is 0.650 bits per heavy atom. The van der Waals surface area contributed by atoms with Gasteiger partial charge in [0.1, 0.15) is 34.6 Å². The van der Waals surface area contributed by atoms with E-state index < -0.39 is 70.5 Å². The van der Waals surface area contributed by atoms with Crippen LogP contribution in [-0.2, 0) is 12.5 Å². The van der Waals surface area contributed by atoms with Crippen LogP contribution in [0.5, 0.6) is 11.5 Å². The quantitative estimate of drug-likeness (QED) is 0.187. The highest BCUT2D eigenvalue weighted by molar-refractivity contribution is 5.72. The van der Waals surface area contributed by atoms with Gasteiger partial charge in [0.2, 0.25) is 6.86 Å². The van der Waals surface area contributed by atoms with E-state index >= 15 is 0 Å². The Morgan fingerprint density at radius 2 is 1.20 bits per heavy atom. The summed E-state index contributed by atoms with van der Waals surface area (Å²) in [6, 6.07) is 9.11. The van der Waals surface area contributed by atoms with Crippen LogP contribution in [0.4, 0.5) is 39.5 Å². The van der Waals surface area contributed by atoms with E-state index in [0.29, 0.717) is 18.6 Å². The van der Waals surface area contributed by atoms with Crippen LogP contribution in [-0.4, -0.2) is 6.86 Å². The molecule has 0 bridgehead atoms. The molecule has 0 amide bonds. The lowest BCUT2D eigenvalue weighted by molar-refractivity contribution is -0.189. The first-order valence-electron chi connectivity index (χ1n) is 11.8. The molecule has 0 fully saturated rings. The Kier molecular flexibility index (Phi) is 8.32. The topological polar surface area (TPSA) is 18.5 Å². The maximum Gasteiger partial charge on any atom is 0.432 e. The zero-order chi connectivity index (χ0) is 29.2. The maximum atomic E-state index is 15.0. The molecule has 0 radical (unpaired) electrons. The molecule has 11 heteroatoms. The second-order valence-corrected chi connectivity index (χ2v) is 8.66. The minimum atomic E-state index is -4.78. The molecule has 4 rings (SSSR count). The number of halogens is 9. The van der Waals surface area contributed by atoms with Gasteiger partial charge in [0, 0.05) is 23.3 Å². The van der Waals surface area contributed by atoms with Crippen LogP contribution in [0.15, 0.2) is 60.7 Å². The van der Waals surface area contributed by atoms with Crippen LogP contribution >= 0.6 is 0 Å². The van der Waals surface area contributed by atoms with Gasteiger partial charge in [0.05, 0.1) is 0 Å². The van der Waals surface area contributed by atoms with Crippen molar-refractivity contribution in [2.24, 2.45) is 0 Å². The van der Waals surface area contributed by atoms with E-state index in [9.17, 15) is 39.5 Å². The van der Waals surface area contributed by atoms with Gasteiger partial charge in [-0.25, -0.2) is 30.7 Å². The second-order valence-electron chi connectivity index (χ2n) is 8.66. The first-order chi connectivity index (χ1) is 18.9. The summed E-state index contributed by atoms with van der Waals surface area (Å²) in [5.74, 6) is -10.9. The molecule has 0 saturated heterocycles. The fourth-order valence-electron chi connectivity index (χ4n) is 4.15. The van der Waals surface area contributed by atoms with Gasteiger partial charge in [-0.3, -0.25) is 0 Å². The van der Waals surface area contributed by atoms with E-state index in [1.807, 2.05) is 6.92 Å². The molecule has 0 aromatic heterocycles. The lowest BCUT2D eigenvalue weighted by Gasteiger charge is -2.20. The molecule has 0 atom stereocenters. The van der Waals surface area contributed by atoms with Gasteiger partial charge < -0.3 is 9.47 Å². The molecule has 0 aliphatic carbocycles. The summed E-state index contributed by atoms with van der Waals surface area (Å²) in [7, 11) is 0. The zero-order valence-corrected chi connectivity index (χ0v) is 20.6. The molecule has 4 aromatic rings. The van der Waals surface area contributed by atoms with Crippen molar-refractivity contribution in [1.82, 2.24) is 0 Å². The predicted octanol–water partition coefficient (Wildman–Crippen LogP) is 9.24. The fraction of sp³-hybridized carbons (Fsp3) is 0.172. The van der Waals surface area contributed by atoms with E-state index in [0.717, 1.165) is 24.1 Å². The Bertz CT molecular complexity index is 1510. The molecule has 0 aliphatic rings. The molecule has 4 aromatic carbocycles. The second kappa shape index (κ2) is 11.5. The summed E-state index contributed by atoms with van der Waals surface area (Å²) in [6.45, 7) is 0.319. The minimum Gasteiger partial charge on any atom is -0.457 e. The summed E-state index contributed by atoms with van der Waals surface area (Å²) in [4.78, 5) is 0. The predicted molar refractivity (Wildman–Crippen MR) is 129 cm³/mol. The van der Waals surface area contributed by atoms with E-state index in [2.05, 4.69) is 9.47 Å². The number of alkyl halides is 3. The third-order valence-electron chi connectivity index (χ3n) is 5.91. The van der Waals surface area contributed by atoms with Crippen molar-refractivity contribution >= 4 is 0 Å². The summed E-state index contributed by atoms with van der Waals surface area (Å²) in [6.07, 6.45) is -3.33. The van der Waals surface area contributed by atoms with Crippen molar-refractivity contribution in [3.8, 4) is 33.8 Å². The average molecular weight is 570 g/mol. The lowest BCUT2D eigenvalue weighted by atomic mass is 9.97. The smallest absolute Gasteiger partial charge is 0.432 e. The van der Waals surface area contributed by atoms with Gasteiger partial charge in [0.25, 0.3) is 0 Å². The first-order valence-corrected chi connectivity index (χ1v) is 11.8. The van der Waals surface area contributed by atoms with Gasteiger partial charge >= 0.3 is 6.11 Å². The SMILES string of the molecule is CCCc1ccc(-c2ccc(-c3cc(F)c(C(F)(F)Oc4cc(F)c(OCF)c(F)c4)c(F)c3)c(F)c2)c(F)c1. The number of ether oxygens (including phenoxy) is 2. The third-order valence-corrected chi connectivity index (χ3v) is 5.91. The summed E-state index contributed by atoms with van der Waals surface area (Å²) >= 11 is 0. The van der Waals surface area contributed by atoms with Crippen molar-refractivity contribution in [2.45, 2.75) is 25.9 Å². The van der Waals surface area contributed by atoms with Crippen molar-refractivity contribution in [3.05, 3.63) is 107 Å². The van der Waals surface area contributed by atoms with Crippen LogP contribution in [0.25, 0.3) is 22.3 Å². The van der Waals surface area contributed by atoms with Gasteiger partial charge in [-0.1, -0.05) is 37.6 Å². The largest absolute Gasteiger partial charge is 0.457 e. The summed E-state index contributed by atoms with van der Waals surface area (Å²) < 4.78 is 137. The van der Waals surface area contributed by atoms with Crippen LogP contribution < -0.4 is 9.47 Å². The Labute approximate surface area is 222 Å². The van der Waals surface area contributed by atoms with E-state index in [1.54, 1.807) is 6.07 Å². The van der Waals surface area contributed by atoms with Crippen LogP contribution in [0, 0.1) is 34.9 Å². The van der Waals surface area contributed by atoms with E-state index in [1.165, 1.54) is 18.2 Å². The molecular formula is C29H19F9O2. The van der Waals surface area contributed by atoms with Gasteiger partial charge in [-0.15, -0.1) is 0 Å². The molecule has 40 heavy (non-hydrogen) atoms. The fourth-order valence-corrected chi connectivity index (χ4v) is 4.15. The number of benzene rings is 4. The van der Waals surface area contributed by atoms with Gasteiger partial charge in [-0.05, 0) is 47.4 Å². The molecule has 0 saturated carbocycles. The van der Waals surface area contributed by atoms with Crippen molar-refractivity contribution in [2.75, 3.05) is 6.86 Å². The van der Waals surface area contributed by atoms with Gasteiger partial charge in [0.15, 0.2) is 17.4 Å². The Balaban J connectivity index is 1.64. The molecule has 2 nitrogen and oxygen atoms in total. The Morgan fingerprint density at radius 3 is 1.75 bits per heavy atom. The number of rotatable bonds is 9. The number of aryl methyl sites for hydroxylation is 1. The molecule has 0 unspecified atom stereocenters. The molecule has 0 aliphatic heterocycles. The van der Waals surface area contributed by atoms with Gasteiger partial charge in [-0.2, -0.15) is 8.78 Å². The monoisotopic (exact) mass is 570 g/mol. The first kappa shape index (κ1) is 28.8. The van der Waals surface area contributed by atoms with Crippen LogP contribution in [0.1, 0.15) is 24.5 Å². The number of hydrogen-bond acceptors (Lipinski definition) is 2. The normalized spacial score (nSPS) is 11.6. The summed E-state index contributed by atoms with van der Waals surface area (Å²) in [5.41, 5.74) is -1.75. The maximum absolute atomic E-state index is 15.0. The van der Waals surface area contributed by atoms with E-state index in [-0.39, 0.29) is 28.8 Å². The van der Waals surface area contributed by atoms with Crippen molar-refractivity contribution in [1.29, 1.82) is 0 Å². The minimum absolute atomic E-state index is 0.0898. The highest BCUT2D eigenvalue weighted by atomic mass is 19.3. The van der Waals surface area contributed by atoms with Crippen LogP contribution in [0.2, 0.25) is 0 Å². The molecule has 0 spiro atoms. The highest BCUT2D eigenvalue weighted by Crippen LogP contribution is 2.39. The van der Waals surface area contributed by atoms with Crippen LogP contribution in [0.3, 0.4) is 0 Å². The molecule has 0 heterocycles. The third kappa shape index (κ3) is 5.88. The average Bonchev–Trinajstić information content (AvgIpc) is 2.85. The number of hydrogen-bond donors (Lipinski definition) is 0. The molecular weight excluding hydrogens is 551 g/mol.